The van der Waals surface area contributed by atoms with Crippen molar-refractivity contribution in [1.29, 1.82) is 0 Å². The number of cyclic esters (lactones) is 1. The smallest absolute Gasteiger partial charge is 0.416 e. The van der Waals surface area contributed by atoms with E-state index in [1.807, 2.05) is 13.0 Å². The van der Waals surface area contributed by atoms with Gasteiger partial charge in [0.15, 0.2) is 0 Å². The first-order chi connectivity index (χ1) is 14.3. The number of pyridine rings is 2. The highest BCUT2D eigenvalue weighted by Gasteiger charge is 2.30. The molecule has 11 heteroatoms. The third-order valence-electron chi connectivity index (χ3n) is 4.40. The molecule has 0 aliphatic carbocycles. The lowest BCUT2D eigenvalue weighted by atomic mass is 10.2. The van der Waals surface area contributed by atoms with Gasteiger partial charge in [0.25, 0.3) is 0 Å². The van der Waals surface area contributed by atoms with Crippen LogP contribution in [0.3, 0.4) is 0 Å². The van der Waals surface area contributed by atoms with Gasteiger partial charge in [-0.15, -0.1) is 0 Å². The van der Waals surface area contributed by atoms with Crippen molar-refractivity contribution in [2.24, 2.45) is 0 Å². The molecule has 3 aromatic heterocycles. The predicted octanol–water partition coefficient (Wildman–Crippen LogP) is 3.82. The average Bonchev–Trinajstić information content (AvgIpc) is 3.31. The summed E-state index contributed by atoms with van der Waals surface area (Å²) in [5.41, 5.74) is 1.34. The molecule has 0 aromatic carbocycles. The van der Waals surface area contributed by atoms with Gasteiger partial charge in [-0.05, 0) is 36.8 Å². The fraction of sp³-hybridized carbons (Fsp3) is 0.263. The number of halogens is 3. The maximum atomic E-state index is 12.9. The number of carbonyl (C=O) groups excluding carboxylic acids is 1. The second-order valence-electron chi connectivity index (χ2n) is 6.76. The van der Waals surface area contributed by atoms with E-state index in [2.05, 4.69) is 20.4 Å². The number of amides is 1. The predicted molar refractivity (Wildman–Crippen MR) is 101 cm³/mol. The Balaban J connectivity index is 1.55. The van der Waals surface area contributed by atoms with Crippen LogP contribution in [0.15, 0.2) is 42.9 Å². The van der Waals surface area contributed by atoms with Crippen molar-refractivity contribution in [2.75, 3.05) is 18.5 Å². The number of nitrogens with one attached hydrogen (secondary N) is 1. The van der Waals surface area contributed by atoms with Crippen molar-refractivity contribution in [1.82, 2.24) is 24.6 Å². The van der Waals surface area contributed by atoms with Crippen LogP contribution in [0.5, 0.6) is 0 Å². The third kappa shape index (κ3) is 4.34. The van der Waals surface area contributed by atoms with E-state index in [0.717, 1.165) is 23.9 Å². The van der Waals surface area contributed by atoms with E-state index in [-0.39, 0.29) is 18.6 Å². The van der Waals surface area contributed by atoms with E-state index < -0.39 is 11.7 Å². The summed E-state index contributed by atoms with van der Waals surface area (Å²) in [5, 5.41) is 7.06. The van der Waals surface area contributed by atoms with E-state index in [9.17, 15) is 18.0 Å². The lowest BCUT2D eigenvalue weighted by Gasteiger charge is -2.12. The molecule has 0 unspecified atom stereocenters. The zero-order chi connectivity index (χ0) is 21.3. The van der Waals surface area contributed by atoms with Crippen molar-refractivity contribution in [2.45, 2.75) is 19.8 Å². The monoisotopic (exact) mass is 418 g/mol. The molecular weight excluding hydrogens is 401 g/mol. The van der Waals surface area contributed by atoms with Crippen molar-refractivity contribution >= 4 is 17.7 Å². The van der Waals surface area contributed by atoms with Crippen LogP contribution < -0.4 is 5.32 Å². The van der Waals surface area contributed by atoms with Crippen LogP contribution in [-0.2, 0) is 17.6 Å². The lowest BCUT2D eigenvalue weighted by Crippen LogP contribution is -2.27. The van der Waals surface area contributed by atoms with Crippen LogP contribution in [-0.4, -0.2) is 43.9 Å². The largest absolute Gasteiger partial charge is 0.447 e. The number of rotatable bonds is 5. The number of nitrogens with zero attached hydrogens (tertiary/aromatic N) is 5. The summed E-state index contributed by atoms with van der Waals surface area (Å²) in [4.78, 5) is 21.5. The van der Waals surface area contributed by atoms with E-state index in [0.29, 0.717) is 30.2 Å². The number of aromatic nitrogens is 4. The molecule has 4 heterocycles. The molecule has 1 aliphatic rings. The fourth-order valence-electron chi connectivity index (χ4n) is 2.99. The van der Waals surface area contributed by atoms with Crippen LogP contribution in [0.4, 0.5) is 29.6 Å². The van der Waals surface area contributed by atoms with Gasteiger partial charge in [0.1, 0.15) is 24.9 Å². The Morgan fingerprint density at radius 1 is 1.23 bits per heavy atom. The first kappa shape index (κ1) is 19.7. The summed E-state index contributed by atoms with van der Waals surface area (Å²) < 4.78 is 45.2. The van der Waals surface area contributed by atoms with Crippen LogP contribution in [0.1, 0.15) is 11.1 Å². The van der Waals surface area contributed by atoms with Gasteiger partial charge in [-0.3, -0.25) is 9.58 Å². The van der Waals surface area contributed by atoms with E-state index in [1.54, 1.807) is 23.1 Å². The third-order valence-corrected chi connectivity index (χ3v) is 4.40. The molecule has 8 nitrogen and oxygen atoms in total. The summed E-state index contributed by atoms with van der Waals surface area (Å²) in [5.74, 6) is 0.393. The summed E-state index contributed by atoms with van der Waals surface area (Å²) >= 11 is 0. The van der Waals surface area contributed by atoms with E-state index in [1.165, 1.54) is 4.90 Å². The highest BCUT2D eigenvalue weighted by Crippen LogP contribution is 2.30. The average molecular weight is 418 g/mol. The number of aryl methyl sites for hydroxylation is 1. The first-order valence-corrected chi connectivity index (χ1v) is 9.01. The van der Waals surface area contributed by atoms with Gasteiger partial charge in [0, 0.05) is 18.0 Å². The second-order valence-corrected chi connectivity index (χ2v) is 6.76. The standard InChI is InChI=1S/C19H17F3N6O2/c1-12-6-15(13-9-24-28(10-13)11-27-4-5-30-18(27)29)25-17(7-12)26-16-8-14(2-3-23-16)19(20,21)22/h2-3,6-10H,4-5,11H2,1H3,(H,23,25,26). The Morgan fingerprint density at radius 3 is 2.80 bits per heavy atom. The SMILES string of the molecule is Cc1cc(Nc2cc(C(F)(F)F)ccn2)nc(-c2cnn(CN3CCOC3=O)c2)c1. The number of carbonyl (C=O) groups is 1. The molecule has 156 valence electrons. The molecule has 4 rings (SSSR count). The molecule has 1 fully saturated rings. The minimum atomic E-state index is -4.46. The summed E-state index contributed by atoms with van der Waals surface area (Å²) in [7, 11) is 0. The number of hydrogen-bond donors (Lipinski definition) is 1. The van der Waals surface area contributed by atoms with E-state index >= 15 is 0 Å². The molecule has 1 saturated heterocycles. The Hall–Kier alpha value is -3.63. The molecule has 30 heavy (non-hydrogen) atoms. The highest BCUT2D eigenvalue weighted by molar-refractivity contribution is 5.69. The zero-order valence-corrected chi connectivity index (χ0v) is 15.8. The Morgan fingerprint density at radius 2 is 2.07 bits per heavy atom. The van der Waals surface area contributed by atoms with Crippen LogP contribution in [0, 0.1) is 6.92 Å². The molecule has 0 radical (unpaired) electrons. The van der Waals surface area contributed by atoms with E-state index in [4.69, 9.17) is 4.74 Å². The second kappa shape index (κ2) is 7.65. The molecule has 0 spiro atoms. The van der Waals surface area contributed by atoms with Crippen LogP contribution in [0.2, 0.25) is 0 Å². The topological polar surface area (TPSA) is 85.2 Å². The molecule has 0 saturated carbocycles. The van der Waals surface area contributed by atoms with Gasteiger partial charge < -0.3 is 10.1 Å². The van der Waals surface area contributed by atoms with Crippen LogP contribution in [0.25, 0.3) is 11.3 Å². The van der Waals surface area contributed by atoms with Gasteiger partial charge in [0.2, 0.25) is 0 Å². The number of ether oxygens (including phenoxy) is 1. The number of anilines is 2. The van der Waals surface area contributed by atoms with Crippen molar-refractivity contribution in [3.05, 3.63) is 54.0 Å². The molecule has 1 aliphatic heterocycles. The van der Waals surface area contributed by atoms with Gasteiger partial charge in [0.05, 0.1) is 24.0 Å². The number of hydrogen-bond acceptors (Lipinski definition) is 6. The minimum absolute atomic E-state index is 0.0390. The van der Waals surface area contributed by atoms with Gasteiger partial charge in [-0.2, -0.15) is 18.3 Å². The first-order valence-electron chi connectivity index (χ1n) is 9.01. The summed E-state index contributed by atoms with van der Waals surface area (Å²) in [6, 6.07) is 5.37. The van der Waals surface area contributed by atoms with Crippen molar-refractivity contribution in [3.8, 4) is 11.3 Å². The van der Waals surface area contributed by atoms with Crippen molar-refractivity contribution < 1.29 is 22.7 Å². The zero-order valence-electron chi connectivity index (χ0n) is 15.8. The van der Waals surface area contributed by atoms with Crippen molar-refractivity contribution in [3.63, 3.8) is 0 Å². The summed E-state index contributed by atoms with van der Waals surface area (Å²) in [6.45, 7) is 2.95. The molecule has 0 atom stereocenters. The lowest BCUT2D eigenvalue weighted by molar-refractivity contribution is -0.137. The van der Waals surface area contributed by atoms with Crippen LogP contribution >= 0.6 is 0 Å². The Kier molecular flexibility index (Phi) is 5.02. The molecule has 1 N–H and O–H groups in total. The quantitative estimate of drug-likeness (QED) is 0.678. The number of alkyl halides is 3. The van der Waals surface area contributed by atoms with Gasteiger partial charge in [-0.25, -0.2) is 14.8 Å². The minimum Gasteiger partial charge on any atom is -0.447 e. The highest BCUT2D eigenvalue weighted by atomic mass is 19.4. The van der Waals surface area contributed by atoms with Gasteiger partial charge >= 0.3 is 12.3 Å². The molecule has 1 amide bonds. The molecular formula is C19H17F3N6O2. The maximum Gasteiger partial charge on any atom is 0.416 e. The Bertz CT molecular complexity index is 1080. The fourth-order valence-corrected chi connectivity index (χ4v) is 2.99. The molecule has 3 aromatic rings. The Labute approximate surface area is 169 Å². The van der Waals surface area contributed by atoms with Gasteiger partial charge in [-0.1, -0.05) is 0 Å². The normalized spacial score (nSPS) is 14.1. The summed E-state index contributed by atoms with van der Waals surface area (Å²) in [6.07, 6.45) is -0.411. The molecule has 0 bridgehead atoms. The maximum absolute atomic E-state index is 12.9.